The predicted molar refractivity (Wildman–Crippen MR) is 131 cm³/mol. The minimum absolute atomic E-state index is 0.0507. The van der Waals surface area contributed by atoms with E-state index in [1.54, 1.807) is 12.4 Å². The lowest BCUT2D eigenvalue weighted by atomic mass is 9.96. The van der Waals surface area contributed by atoms with Crippen LogP contribution in [-0.2, 0) is 4.74 Å². The van der Waals surface area contributed by atoms with E-state index in [0.717, 1.165) is 67.6 Å². The Hall–Kier alpha value is -3.01. The summed E-state index contributed by atoms with van der Waals surface area (Å²) in [7, 11) is 0. The van der Waals surface area contributed by atoms with Crippen molar-refractivity contribution in [3.63, 3.8) is 0 Å². The number of piperidine rings is 1. The average molecular weight is 477 g/mol. The molecule has 184 valence electrons. The number of aliphatic hydroxyl groups is 1. The summed E-state index contributed by atoms with van der Waals surface area (Å²) in [5.74, 6) is 2.60. The molecule has 5 heterocycles. The second-order valence-corrected chi connectivity index (χ2v) is 9.73. The first kappa shape index (κ1) is 22.5. The third kappa shape index (κ3) is 5.32. The Bertz CT molecular complexity index is 1160. The number of hydrogen-bond acceptors (Lipinski definition) is 8. The summed E-state index contributed by atoms with van der Waals surface area (Å²) in [6, 6.07) is 8.26. The molecule has 3 aromatic rings. The Morgan fingerprint density at radius 1 is 1.06 bits per heavy atom. The molecule has 2 aliphatic heterocycles. The van der Waals surface area contributed by atoms with Gasteiger partial charge in [0.15, 0.2) is 5.75 Å². The van der Waals surface area contributed by atoms with Crippen molar-refractivity contribution in [3.05, 3.63) is 54.2 Å². The lowest BCUT2D eigenvalue weighted by molar-refractivity contribution is 0.0839. The number of ether oxygens (including phenoxy) is 2. The molecule has 2 saturated heterocycles. The molecule has 0 amide bonds. The standard InChI is InChI=1S/C26H32N6O3/c33-20-4-9-28-23(14-20)22-13-18(3-8-27-22)30-25-15-21(5-10-29-25)35-24-16-32(19-1-2-19)31-26(24)17-6-11-34-12-7-17/h3,5,8,10,13,15-17,19-20,23,28,33H,1-2,4,6-7,9,11-12,14H2,(H,27,29,30). The molecule has 2 atom stereocenters. The Labute approximate surface area is 204 Å². The topological polar surface area (TPSA) is 106 Å². The fraction of sp³-hybridized carbons (Fsp3) is 0.500. The van der Waals surface area contributed by atoms with Crippen LogP contribution in [0.15, 0.2) is 42.9 Å². The van der Waals surface area contributed by atoms with Gasteiger partial charge in [0.25, 0.3) is 0 Å². The number of rotatable bonds is 7. The van der Waals surface area contributed by atoms with Crippen LogP contribution in [0.25, 0.3) is 0 Å². The number of aromatic nitrogens is 4. The number of hydrogen-bond donors (Lipinski definition) is 3. The van der Waals surface area contributed by atoms with Crippen LogP contribution in [0.2, 0.25) is 0 Å². The summed E-state index contributed by atoms with van der Waals surface area (Å²) in [6.45, 7) is 2.33. The highest BCUT2D eigenvalue weighted by atomic mass is 16.5. The van der Waals surface area contributed by atoms with Gasteiger partial charge in [-0.05, 0) is 63.3 Å². The van der Waals surface area contributed by atoms with Gasteiger partial charge in [0.2, 0.25) is 0 Å². The minimum atomic E-state index is -0.287. The molecule has 9 heteroatoms. The van der Waals surface area contributed by atoms with Crippen LogP contribution in [0.5, 0.6) is 11.5 Å². The fourth-order valence-electron chi connectivity index (χ4n) is 4.90. The zero-order valence-corrected chi connectivity index (χ0v) is 19.8. The molecular formula is C26H32N6O3. The van der Waals surface area contributed by atoms with E-state index in [4.69, 9.17) is 14.6 Å². The van der Waals surface area contributed by atoms with Gasteiger partial charge in [0, 0.05) is 43.3 Å². The van der Waals surface area contributed by atoms with E-state index < -0.39 is 0 Å². The van der Waals surface area contributed by atoms with Gasteiger partial charge in [-0.3, -0.25) is 9.67 Å². The van der Waals surface area contributed by atoms with E-state index in [9.17, 15) is 5.11 Å². The van der Waals surface area contributed by atoms with E-state index in [2.05, 4.69) is 31.5 Å². The lowest BCUT2D eigenvalue weighted by Gasteiger charge is -2.27. The summed E-state index contributed by atoms with van der Waals surface area (Å²) in [5, 5.41) is 21.7. The molecular weight excluding hydrogens is 444 g/mol. The molecule has 35 heavy (non-hydrogen) atoms. The number of pyridine rings is 2. The van der Waals surface area contributed by atoms with E-state index >= 15 is 0 Å². The lowest BCUT2D eigenvalue weighted by Crippen LogP contribution is -2.34. The third-order valence-corrected chi connectivity index (χ3v) is 7.00. The van der Waals surface area contributed by atoms with Crippen LogP contribution < -0.4 is 15.4 Å². The Morgan fingerprint density at radius 2 is 1.91 bits per heavy atom. The van der Waals surface area contributed by atoms with Crippen molar-refractivity contribution in [1.82, 2.24) is 25.1 Å². The van der Waals surface area contributed by atoms with Gasteiger partial charge < -0.3 is 25.2 Å². The molecule has 0 spiro atoms. The minimum Gasteiger partial charge on any atom is -0.454 e. The van der Waals surface area contributed by atoms with E-state index in [1.807, 2.05) is 24.3 Å². The maximum atomic E-state index is 10.0. The van der Waals surface area contributed by atoms with Crippen LogP contribution in [0.1, 0.15) is 67.9 Å². The smallest absolute Gasteiger partial charge is 0.168 e. The molecule has 9 nitrogen and oxygen atoms in total. The van der Waals surface area contributed by atoms with Crippen molar-refractivity contribution in [2.75, 3.05) is 25.1 Å². The largest absolute Gasteiger partial charge is 0.454 e. The number of nitrogens with one attached hydrogen (secondary N) is 2. The molecule has 0 bridgehead atoms. The van der Waals surface area contributed by atoms with Gasteiger partial charge in [-0.2, -0.15) is 5.10 Å². The molecule has 1 aliphatic carbocycles. The first-order valence-corrected chi connectivity index (χ1v) is 12.7. The molecule has 1 saturated carbocycles. The van der Waals surface area contributed by atoms with Gasteiger partial charge in [0.05, 0.1) is 30.1 Å². The summed E-state index contributed by atoms with van der Waals surface area (Å²) in [4.78, 5) is 8.99. The van der Waals surface area contributed by atoms with Gasteiger partial charge >= 0.3 is 0 Å². The molecule has 3 fully saturated rings. The quantitative estimate of drug-likeness (QED) is 0.465. The number of nitrogens with zero attached hydrogens (tertiary/aromatic N) is 4. The van der Waals surface area contributed by atoms with Crippen LogP contribution >= 0.6 is 0 Å². The summed E-state index contributed by atoms with van der Waals surface area (Å²) >= 11 is 0. The van der Waals surface area contributed by atoms with E-state index in [-0.39, 0.29) is 12.1 Å². The molecule has 3 aliphatic rings. The number of anilines is 2. The second-order valence-electron chi connectivity index (χ2n) is 9.73. The van der Waals surface area contributed by atoms with Crippen LogP contribution in [0.3, 0.4) is 0 Å². The monoisotopic (exact) mass is 476 g/mol. The van der Waals surface area contributed by atoms with Crippen molar-refractivity contribution < 1.29 is 14.6 Å². The molecule has 2 unspecified atom stereocenters. The highest BCUT2D eigenvalue weighted by molar-refractivity contribution is 5.57. The fourth-order valence-corrected chi connectivity index (χ4v) is 4.90. The highest BCUT2D eigenvalue weighted by Crippen LogP contribution is 2.40. The molecule has 3 N–H and O–H groups in total. The average Bonchev–Trinajstić information content (AvgIpc) is 3.65. The van der Waals surface area contributed by atoms with Gasteiger partial charge in [-0.15, -0.1) is 0 Å². The Balaban J connectivity index is 1.19. The van der Waals surface area contributed by atoms with Crippen LogP contribution in [0, 0.1) is 0 Å². The normalized spacial score (nSPS) is 23.2. The van der Waals surface area contributed by atoms with Crippen LogP contribution in [0.4, 0.5) is 11.5 Å². The Kier molecular flexibility index (Phi) is 6.37. The highest BCUT2D eigenvalue weighted by Gasteiger charge is 2.30. The zero-order valence-electron chi connectivity index (χ0n) is 19.8. The van der Waals surface area contributed by atoms with Crippen LogP contribution in [-0.4, -0.2) is 50.7 Å². The molecule has 6 rings (SSSR count). The van der Waals surface area contributed by atoms with Gasteiger partial charge in [-0.1, -0.05) is 0 Å². The van der Waals surface area contributed by atoms with Gasteiger partial charge in [0.1, 0.15) is 17.3 Å². The SMILES string of the molecule is OC1CCNC(c2cc(Nc3cc(Oc4cn(C5CC5)nc4C4CCOCC4)ccn3)ccn2)C1. The van der Waals surface area contributed by atoms with Crippen molar-refractivity contribution in [1.29, 1.82) is 0 Å². The third-order valence-electron chi connectivity index (χ3n) is 7.00. The molecule has 0 aromatic carbocycles. The summed E-state index contributed by atoms with van der Waals surface area (Å²) in [5.41, 5.74) is 2.84. The van der Waals surface area contributed by atoms with Gasteiger partial charge in [-0.25, -0.2) is 4.98 Å². The van der Waals surface area contributed by atoms with Crippen molar-refractivity contribution in [2.45, 2.75) is 62.6 Å². The maximum absolute atomic E-state index is 10.0. The van der Waals surface area contributed by atoms with Crippen molar-refractivity contribution in [3.8, 4) is 11.5 Å². The first-order valence-electron chi connectivity index (χ1n) is 12.7. The van der Waals surface area contributed by atoms with Crippen molar-refractivity contribution in [2.24, 2.45) is 0 Å². The van der Waals surface area contributed by atoms with E-state index in [0.29, 0.717) is 24.2 Å². The molecule has 0 radical (unpaired) electrons. The molecule has 3 aromatic heterocycles. The van der Waals surface area contributed by atoms with Crippen molar-refractivity contribution >= 4 is 11.5 Å². The second kappa shape index (κ2) is 9.93. The summed E-state index contributed by atoms with van der Waals surface area (Å²) < 4.78 is 14.0. The Morgan fingerprint density at radius 3 is 2.74 bits per heavy atom. The first-order chi connectivity index (χ1) is 17.2. The summed E-state index contributed by atoms with van der Waals surface area (Å²) in [6.07, 6.45) is 11.1. The maximum Gasteiger partial charge on any atom is 0.168 e. The zero-order chi connectivity index (χ0) is 23.6. The van der Waals surface area contributed by atoms with E-state index in [1.165, 1.54) is 12.8 Å². The number of aliphatic hydroxyl groups excluding tert-OH is 1. The predicted octanol–water partition coefficient (Wildman–Crippen LogP) is 4.22.